The quantitative estimate of drug-likeness (QED) is 0.434. The van der Waals surface area contributed by atoms with Gasteiger partial charge < -0.3 is 4.74 Å². The van der Waals surface area contributed by atoms with Crippen molar-refractivity contribution in [3.63, 3.8) is 0 Å². The Balaban J connectivity index is 2.03. The lowest BCUT2D eigenvalue weighted by atomic mass is 9.87. The lowest BCUT2D eigenvalue weighted by Crippen LogP contribution is -2.47. The standard InChI is InChI=1S/C20H29NO3S2/c1-14(12-25)17(22)24-18(23)20(10-5-11-21-20)26-13-15-6-8-16(9-7-15)19(2,3)4/h6-9,14,21,25H,5,10-13H2,1-4H3/t14-,20+/m1/s1. The number of hydrogen-bond donors (Lipinski definition) is 2. The number of hydrogen-bond acceptors (Lipinski definition) is 6. The van der Waals surface area contributed by atoms with Gasteiger partial charge in [0.2, 0.25) is 0 Å². The van der Waals surface area contributed by atoms with Crippen LogP contribution in [-0.2, 0) is 25.5 Å². The molecule has 0 unspecified atom stereocenters. The number of ether oxygens (including phenoxy) is 1. The van der Waals surface area contributed by atoms with Crippen molar-refractivity contribution in [2.75, 3.05) is 12.3 Å². The summed E-state index contributed by atoms with van der Waals surface area (Å²) in [5.74, 6) is -0.336. The third-order valence-electron chi connectivity index (χ3n) is 4.62. The maximum Gasteiger partial charge on any atom is 0.344 e. The van der Waals surface area contributed by atoms with Gasteiger partial charge in [-0.2, -0.15) is 12.6 Å². The van der Waals surface area contributed by atoms with Crippen molar-refractivity contribution in [3.05, 3.63) is 35.4 Å². The molecular formula is C20H29NO3S2. The number of thioether (sulfide) groups is 1. The molecule has 4 nitrogen and oxygen atoms in total. The Morgan fingerprint density at radius 1 is 1.31 bits per heavy atom. The van der Waals surface area contributed by atoms with Gasteiger partial charge in [0, 0.05) is 11.5 Å². The number of carbonyl (C=O) groups is 2. The molecule has 1 aromatic carbocycles. The molecule has 26 heavy (non-hydrogen) atoms. The van der Waals surface area contributed by atoms with Crippen LogP contribution < -0.4 is 5.32 Å². The van der Waals surface area contributed by atoms with Crippen LogP contribution >= 0.6 is 24.4 Å². The van der Waals surface area contributed by atoms with Crippen molar-refractivity contribution in [2.45, 2.75) is 56.6 Å². The van der Waals surface area contributed by atoms with E-state index in [1.807, 2.05) is 0 Å². The first-order chi connectivity index (χ1) is 12.2. The molecule has 0 radical (unpaired) electrons. The fourth-order valence-electron chi connectivity index (χ4n) is 2.73. The van der Waals surface area contributed by atoms with Gasteiger partial charge in [0.05, 0.1) is 5.92 Å². The van der Waals surface area contributed by atoms with Gasteiger partial charge in [-0.15, -0.1) is 11.8 Å². The largest absolute Gasteiger partial charge is 0.391 e. The molecule has 1 heterocycles. The number of esters is 2. The molecule has 144 valence electrons. The highest BCUT2D eigenvalue weighted by Gasteiger charge is 2.44. The number of rotatable bonds is 6. The Bertz CT molecular complexity index is 631. The van der Waals surface area contributed by atoms with Crippen LogP contribution in [0.2, 0.25) is 0 Å². The highest BCUT2D eigenvalue weighted by molar-refractivity contribution is 8.00. The molecule has 0 aliphatic carbocycles. The SMILES string of the molecule is C[C@H](CS)C(=O)OC(=O)[C@@]1(SCc2ccc(C(C)(C)C)cc2)CCCN1. The molecular weight excluding hydrogens is 366 g/mol. The summed E-state index contributed by atoms with van der Waals surface area (Å²) < 4.78 is 5.13. The van der Waals surface area contributed by atoms with Crippen molar-refractivity contribution in [1.29, 1.82) is 0 Å². The summed E-state index contributed by atoms with van der Waals surface area (Å²) in [5, 5.41) is 3.26. The van der Waals surface area contributed by atoms with Crippen LogP contribution in [0, 0.1) is 5.92 Å². The van der Waals surface area contributed by atoms with Crippen LogP contribution in [0.15, 0.2) is 24.3 Å². The van der Waals surface area contributed by atoms with Crippen LogP contribution in [0.3, 0.4) is 0 Å². The van der Waals surface area contributed by atoms with E-state index in [-0.39, 0.29) is 5.41 Å². The molecule has 1 aromatic rings. The molecule has 2 rings (SSSR count). The van der Waals surface area contributed by atoms with Crippen LogP contribution in [0.4, 0.5) is 0 Å². The minimum Gasteiger partial charge on any atom is -0.391 e. The van der Waals surface area contributed by atoms with Gasteiger partial charge in [-0.1, -0.05) is 52.0 Å². The topological polar surface area (TPSA) is 55.4 Å². The van der Waals surface area contributed by atoms with E-state index in [0.717, 1.165) is 18.5 Å². The van der Waals surface area contributed by atoms with Crippen LogP contribution in [0.5, 0.6) is 0 Å². The molecule has 0 spiro atoms. The molecule has 2 atom stereocenters. The molecule has 6 heteroatoms. The number of carbonyl (C=O) groups excluding carboxylic acids is 2. The molecule has 1 saturated heterocycles. The van der Waals surface area contributed by atoms with E-state index in [2.05, 4.69) is 63.0 Å². The van der Waals surface area contributed by atoms with E-state index in [0.29, 0.717) is 17.9 Å². The van der Waals surface area contributed by atoms with E-state index in [1.54, 1.807) is 6.92 Å². The summed E-state index contributed by atoms with van der Waals surface area (Å²) in [5.41, 5.74) is 2.55. The summed E-state index contributed by atoms with van der Waals surface area (Å²) in [6, 6.07) is 8.49. The average Bonchev–Trinajstić information content (AvgIpc) is 3.09. The zero-order valence-corrected chi connectivity index (χ0v) is 17.7. The Morgan fingerprint density at radius 3 is 2.46 bits per heavy atom. The average molecular weight is 396 g/mol. The first kappa shape index (κ1) is 21.3. The number of thiol groups is 1. The molecule has 0 saturated carbocycles. The second-order valence-electron chi connectivity index (χ2n) is 7.89. The Kier molecular flexibility index (Phi) is 7.22. The van der Waals surface area contributed by atoms with Crippen LogP contribution in [0.25, 0.3) is 0 Å². The highest BCUT2D eigenvalue weighted by Crippen LogP contribution is 2.36. The first-order valence-corrected chi connectivity index (χ1v) is 10.6. The zero-order valence-electron chi connectivity index (χ0n) is 16.0. The van der Waals surface area contributed by atoms with Gasteiger partial charge in [-0.25, -0.2) is 4.79 Å². The molecule has 0 amide bonds. The fraction of sp³-hybridized carbons (Fsp3) is 0.600. The van der Waals surface area contributed by atoms with Crippen LogP contribution in [-0.4, -0.2) is 29.1 Å². The predicted octanol–water partition coefficient (Wildman–Crippen LogP) is 3.93. The summed E-state index contributed by atoms with van der Waals surface area (Å²) in [6.45, 7) is 9.02. The van der Waals surface area contributed by atoms with Gasteiger partial charge in [0.1, 0.15) is 0 Å². The highest BCUT2D eigenvalue weighted by atomic mass is 32.2. The van der Waals surface area contributed by atoms with Gasteiger partial charge in [-0.3, -0.25) is 10.1 Å². The maximum atomic E-state index is 12.7. The molecule has 0 aromatic heterocycles. The molecule has 0 bridgehead atoms. The lowest BCUT2D eigenvalue weighted by molar-refractivity contribution is -0.163. The molecule has 1 N–H and O–H groups in total. The maximum absolute atomic E-state index is 12.7. The second kappa shape index (κ2) is 8.81. The Hall–Kier alpha value is -0.980. The molecule has 1 aliphatic rings. The van der Waals surface area contributed by atoms with E-state index < -0.39 is 22.7 Å². The van der Waals surface area contributed by atoms with Crippen molar-refractivity contribution >= 4 is 36.3 Å². The van der Waals surface area contributed by atoms with E-state index in [9.17, 15) is 9.59 Å². The fourth-order valence-corrected chi connectivity index (χ4v) is 4.14. The van der Waals surface area contributed by atoms with E-state index in [4.69, 9.17) is 4.74 Å². The normalized spacial score (nSPS) is 21.4. The zero-order chi connectivity index (χ0) is 19.4. The number of benzene rings is 1. The van der Waals surface area contributed by atoms with Crippen molar-refractivity contribution < 1.29 is 14.3 Å². The molecule has 1 fully saturated rings. The van der Waals surface area contributed by atoms with Gasteiger partial charge in [-0.05, 0) is 35.9 Å². The third kappa shape index (κ3) is 5.27. The first-order valence-electron chi connectivity index (χ1n) is 9.03. The predicted molar refractivity (Wildman–Crippen MR) is 111 cm³/mol. The minimum atomic E-state index is -0.839. The third-order valence-corrected chi connectivity index (χ3v) is 6.65. The second-order valence-corrected chi connectivity index (χ2v) is 9.52. The monoisotopic (exact) mass is 395 g/mol. The van der Waals surface area contributed by atoms with E-state index >= 15 is 0 Å². The lowest BCUT2D eigenvalue weighted by Gasteiger charge is -2.26. The van der Waals surface area contributed by atoms with Crippen LogP contribution in [0.1, 0.15) is 51.7 Å². The van der Waals surface area contributed by atoms with Crippen molar-refractivity contribution in [1.82, 2.24) is 5.32 Å². The Labute approximate surface area is 166 Å². The summed E-state index contributed by atoms with van der Waals surface area (Å²) >= 11 is 5.60. The summed E-state index contributed by atoms with van der Waals surface area (Å²) in [4.78, 5) is 23.8. The van der Waals surface area contributed by atoms with Gasteiger partial charge in [0.15, 0.2) is 4.87 Å². The van der Waals surface area contributed by atoms with Gasteiger partial charge >= 0.3 is 11.9 Å². The summed E-state index contributed by atoms with van der Waals surface area (Å²) in [6.07, 6.45) is 1.56. The van der Waals surface area contributed by atoms with E-state index in [1.165, 1.54) is 17.3 Å². The van der Waals surface area contributed by atoms with Crippen molar-refractivity contribution in [2.24, 2.45) is 5.92 Å². The molecule has 1 aliphatic heterocycles. The summed E-state index contributed by atoms with van der Waals surface area (Å²) in [7, 11) is 0. The number of nitrogens with one attached hydrogen (secondary N) is 1. The Morgan fingerprint density at radius 2 is 1.96 bits per heavy atom. The van der Waals surface area contributed by atoms with Gasteiger partial charge in [0.25, 0.3) is 0 Å². The van der Waals surface area contributed by atoms with Crippen molar-refractivity contribution in [3.8, 4) is 0 Å². The minimum absolute atomic E-state index is 0.119. The smallest absolute Gasteiger partial charge is 0.344 e.